The van der Waals surface area contributed by atoms with Gasteiger partial charge < -0.3 is 5.11 Å². The molecule has 0 aliphatic carbocycles. The molecule has 1 aromatic carbocycles. The summed E-state index contributed by atoms with van der Waals surface area (Å²) in [4.78, 5) is 4.19. The summed E-state index contributed by atoms with van der Waals surface area (Å²) in [5.74, 6) is 0.255. The summed E-state index contributed by atoms with van der Waals surface area (Å²) in [6, 6.07) is 10.7. The molecular weight excluding hydrogens is 210 g/mol. The van der Waals surface area contributed by atoms with E-state index in [9.17, 15) is 5.11 Å². The van der Waals surface area contributed by atoms with Crippen LogP contribution in [0.3, 0.4) is 0 Å². The second kappa shape index (κ2) is 4.32. The molecule has 1 aromatic heterocycles. The second-order valence-electron chi connectivity index (χ2n) is 3.27. The molecule has 76 valence electrons. The molecule has 2 aromatic rings. The number of halogens is 1. The van der Waals surface area contributed by atoms with E-state index in [1.165, 1.54) is 0 Å². The van der Waals surface area contributed by atoms with Crippen LogP contribution < -0.4 is 0 Å². The highest BCUT2D eigenvalue weighted by atomic mass is 35.5. The van der Waals surface area contributed by atoms with E-state index in [1.807, 2.05) is 18.2 Å². The van der Waals surface area contributed by atoms with Crippen molar-refractivity contribution in [2.45, 2.75) is 6.42 Å². The molecule has 0 amide bonds. The van der Waals surface area contributed by atoms with Crippen molar-refractivity contribution in [3.8, 4) is 5.75 Å². The van der Waals surface area contributed by atoms with Crippen molar-refractivity contribution in [2.24, 2.45) is 0 Å². The third-order valence-corrected chi connectivity index (χ3v) is 2.37. The molecule has 0 aliphatic rings. The maximum atomic E-state index is 9.61. The monoisotopic (exact) mass is 219 g/mol. The average Bonchev–Trinajstić information content (AvgIpc) is 2.25. The lowest BCUT2D eigenvalue weighted by Gasteiger charge is -2.04. The van der Waals surface area contributed by atoms with Crippen LogP contribution in [0.4, 0.5) is 0 Å². The van der Waals surface area contributed by atoms with Gasteiger partial charge in [-0.25, -0.2) is 0 Å². The van der Waals surface area contributed by atoms with Crippen LogP contribution in [0.15, 0.2) is 42.6 Å². The molecule has 0 bridgehead atoms. The Morgan fingerprint density at radius 1 is 1.20 bits per heavy atom. The molecule has 0 fully saturated rings. The zero-order valence-corrected chi connectivity index (χ0v) is 8.78. The van der Waals surface area contributed by atoms with Gasteiger partial charge in [-0.15, -0.1) is 0 Å². The smallest absolute Gasteiger partial charge is 0.119 e. The number of rotatable bonds is 2. The number of aromatic nitrogens is 1. The number of pyridine rings is 1. The Morgan fingerprint density at radius 3 is 2.80 bits per heavy atom. The van der Waals surface area contributed by atoms with Crippen LogP contribution in [-0.4, -0.2) is 10.1 Å². The summed E-state index contributed by atoms with van der Waals surface area (Å²) < 4.78 is 0. The first-order valence-electron chi connectivity index (χ1n) is 4.63. The van der Waals surface area contributed by atoms with E-state index in [-0.39, 0.29) is 5.75 Å². The second-order valence-corrected chi connectivity index (χ2v) is 3.71. The number of hydrogen-bond acceptors (Lipinski definition) is 2. The van der Waals surface area contributed by atoms with E-state index in [2.05, 4.69) is 4.98 Å². The van der Waals surface area contributed by atoms with Crippen molar-refractivity contribution in [1.82, 2.24) is 4.98 Å². The Labute approximate surface area is 93.2 Å². The maximum Gasteiger partial charge on any atom is 0.119 e. The SMILES string of the molecule is Oc1ccc(Cl)cc1Cc1ccccn1. The molecule has 0 saturated heterocycles. The summed E-state index contributed by atoms with van der Waals surface area (Å²) in [5, 5.41) is 10.2. The highest BCUT2D eigenvalue weighted by Gasteiger charge is 2.03. The lowest BCUT2D eigenvalue weighted by molar-refractivity contribution is 0.469. The zero-order chi connectivity index (χ0) is 10.7. The predicted molar refractivity (Wildman–Crippen MR) is 60.2 cm³/mol. The van der Waals surface area contributed by atoms with Gasteiger partial charge in [-0.1, -0.05) is 17.7 Å². The minimum Gasteiger partial charge on any atom is -0.508 e. The number of nitrogens with zero attached hydrogens (tertiary/aromatic N) is 1. The highest BCUT2D eigenvalue weighted by molar-refractivity contribution is 6.30. The van der Waals surface area contributed by atoms with Gasteiger partial charge in [0.15, 0.2) is 0 Å². The molecule has 2 nitrogen and oxygen atoms in total. The standard InChI is InChI=1S/C12H10ClNO/c13-10-4-5-12(15)9(7-10)8-11-3-1-2-6-14-11/h1-7,15H,8H2. The fourth-order valence-corrected chi connectivity index (χ4v) is 1.59. The third-order valence-electron chi connectivity index (χ3n) is 2.14. The Balaban J connectivity index is 2.28. The fraction of sp³-hybridized carbons (Fsp3) is 0.0833. The summed E-state index contributed by atoms with van der Waals surface area (Å²) >= 11 is 5.85. The largest absolute Gasteiger partial charge is 0.508 e. The summed E-state index contributed by atoms with van der Waals surface area (Å²) in [5.41, 5.74) is 1.70. The minimum absolute atomic E-state index is 0.255. The van der Waals surface area contributed by atoms with Gasteiger partial charge in [-0.05, 0) is 30.3 Å². The maximum absolute atomic E-state index is 9.61. The molecular formula is C12H10ClNO. The molecule has 2 rings (SSSR count). The van der Waals surface area contributed by atoms with Gasteiger partial charge >= 0.3 is 0 Å². The van der Waals surface area contributed by atoms with Gasteiger partial charge in [0.2, 0.25) is 0 Å². The molecule has 15 heavy (non-hydrogen) atoms. The van der Waals surface area contributed by atoms with Crippen molar-refractivity contribution in [1.29, 1.82) is 0 Å². The normalized spacial score (nSPS) is 10.2. The molecule has 0 aliphatic heterocycles. The third kappa shape index (κ3) is 2.48. The molecule has 1 heterocycles. The van der Waals surface area contributed by atoms with Gasteiger partial charge in [0.1, 0.15) is 5.75 Å². The van der Waals surface area contributed by atoms with Crippen LogP contribution in [-0.2, 0) is 6.42 Å². The Morgan fingerprint density at radius 2 is 2.07 bits per heavy atom. The highest BCUT2D eigenvalue weighted by Crippen LogP contribution is 2.23. The van der Waals surface area contributed by atoms with Gasteiger partial charge in [0.25, 0.3) is 0 Å². The molecule has 0 radical (unpaired) electrons. The Hall–Kier alpha value is -1.54. The van der Waals surface area contributed by atoms with Crippen LogP contribution in [0.25, 0.3) is 0 Å². The van der Waals surface area contributed by atoms with E-state index in [4.69, 9.17) is 11.6 Å². The van der Waals surface area contributed by atoms with E-state index in [0.29, 0.717) is 11.4 Å². The van der Waals surface area contributed by atoms with Crippen LogP contribution in [0.1, 0.15) is 11.3 Å². The molecule has 1 N–H and O–H groups in total. The van der Waals surface area contributed by atoms with E-state index >= 15 is 0 Å². The number of benzene rings is 1. The predicted octanol–water partition coefficient (Wildman–Crippen LogP) is 3.03. The van der Waals surface area contributed by atoms with Crippen LogP contribution >= 0.6 is 11.6 Å². The fourth-order valence-electron chi connectivity index (χ4n) is 1.39. The summed E-state index contributed by atoms with van der Waals surface area (Å²) in [6.45, 7) is 0. The average molecular weight is 220 g/mol. The van der Waals surface area contributed by atoms with Gasteiger partial charge in [-0.3, -0.25) is 4.98 Å². The lowest BCUT2D eigenvalue weighted by Crippen LogP contribution is -1.91. The quantitative estimate of drug-likeness (QED) is 0.842. The van der Waals surface area contributed by atoms with E-state index in [0.717, 1.165) is 11.3 Å². The topological polar surface area (TPSA) is 33.1 Å². The first-order valence-corrected chi connectivity index (χ1v) is 5.01. The van der Waals surface area contributed by atoms with Crippen LogP contribution in [0.2, 0.25) is 5.02 Å². The number of hydrogen-bond donors (Lipinski definition) is 1. The first kappa shape index (κ1) is 9.99. The van der Waals surface area contributed by atoms with Crippen LogP contribution in [0, 0.1) is 0 Å². The molecule has 0 spiro atoms. The van der Waals surface area contributed by atoms with E-state index < -0.39 is 0 Å². The van der Waals surface area contributed by atoms with Gasteiger partial charge in [0, 0.05) is 28.9 Å². The lowest BCUT2D eigenvalue weighted by atomic mass is 10.1. The minimum atomic E-state index is 0.255. The Kier molecular flexibility index (Phi) is 2.88. The van der Waals surface area contributed by atoms with Crippen LogP contribution in [0.5, 0.6) is 5.75 Å². The van der Waals surface area contributed by atoms with Crippen molar-refractivity contribution >= 4 is 11.6 Å². The van der Waals surface area contributed by atoms with Crippen molar-refractivity contribution in [2.75, 3.05) is 0 Å². The molecule has 3 heteroatoms. The molecule has 0 unspecified atom stereocenters. The number of phenols is 1. The molecule has 0 saturated carbocycles. The zero-order valence-electron chi connectivity index (χ0n) is 8.02. The molecule has 0 atom stereocenters. The van der Waals surface area contributed by atoms with E-state index in [1.54, 1.807) is 24.4 Å². The van der Waals surface area contributed by atoms with Gasteiger partial charge in [-0.2, -0.15) is 0 Å². The van der Waals surface area contributed by atoms with Crippen molar-refractivity contribution in [3.63, 3.8) is 0 Å². The Bertz CT molecular complexity index is 456. The first-order chi connectivity index (χ1) is 7.25. The number of phenolic OH excluding ortho intramolecular Hbond substituents is 1. The number of aromatic hydroxyl groups is 1. The van der Waals surface area contributed by atoms with Crippen molar-refractivity contribution < 1.29 is 5.11 Å². The van der Waals surface area contributed by atoms with Crippen molar-refractivity contribution in [3.05, 3.63) is 58.9 Å². The van der Waals surface area contributed by atoms with Gasteiger partial charge in [0.05, 0.1) is 0 Å². The summed E-state index contributed by atoms with van der Waals surface area (Å²) in [7, 11) is 0. The summed E-state index contributed by atoms with van der Waals surface area (Å²) in [6.07, 6.45) is 2.32.